The Hall–Kier alpha value is -2.22. The van der Waals surface area contributed by atoms with Crippen LogP contribution in [0.3, 0.4) is 0 Å². The second-order valence-corrected chi connectivity index (χ2v) is 11.6. The number of benzene rings is 1. The molecule has 0 radical (unpaired) electrons. The van der Waals surface area contributed by atoms with E-state index in [1.807, 2.05) is 60.3 Å². The fourth-order valence-corrected chi connectivity index (χ4v) is 7.06. The molecule has 0 amide bonds. The number of aromatic nitrogens is 1. The first kappa shape index (κ1) is 24.9. The second-order valence-electron chi connectivity index (χ2n) is 8.16. The number of nitrogens with zero attached hydrogens (tertiary/aromatic N) is 1. The van der Waals surface area contributed by atoms with Gasteiger partial charge < -0.3 is 4.74 Å². The van der Waals surface area contributed by atoms with Gasteiger partial charge in [-0.05, 0) is 62.9 Å². The van der Waals surface area contributed by atoms with E-state index < -0.39 is 0 Å². The van der Waals surface area contributed by atoms with Gasteiger partial charge in [0.2, 0.25) is 11.5 Å². The summed E-state index contributed by atoms with van der Waals surface area (Å²) in [5.74, 6) is -0.398. The molecule has 4 rings (SSSR count). The van der Waals surface area contributed by atoms with E-state index >= 15 is 0 Å². The van der Waals surface area contributed by atoms with E-state index in [9.17, 15) is 9.59 Å². The zero-order chi connectivity index (χ0) is 24.1. The minimum atomic E-state index is -0.326. The Balaban J connectivity index is 1.86. The van der Waals surface area contributed by atoms with E-state index in [0.717, 1.165) is 44.8 Å². The molecule has 34 heavy (non-hydrogen) atoms. The lowest BCUT2D eigenvalue weighted by Gasteiger charge is -2.14. The smallest absolute Gasteiger partial charge is 0.310 e. The van der Waals surface area contributed by atoms with Crippen molar-refractivity contribution in [3.63, 3.8) is 0 Å². The van der Waals surface area contributed by atoms with Crippen LogP contribution < -0.4 is 4.57 Å². The first-order chi connectivity index (χ1) is 16.5. The summed E-state index contributed by atoms with van der Waals surface area (Å²) in [4.78, 5) is 26.9. The molecule has 3 aromatic rings. The van der Waals surface area contributed by atoms with Crippen molar-refractivity contribution in [3.8, 4) is 5.69 Å². The topological polar surface area (TPSA) is 47.3 Å². The molecule has 0 saturated heterocycles. The van der Waals surface area contributed by atoms with Crippen molar-refractivity contribution in [2.75, 3.05) is 6.61 Å². The van der Waals surface area contributed by atoms with Crippen molar-refractivity contribution in [1.82, 2.24) is 0 Å². The van der Waals surface area contributed by atoms with Gasteiger partial charge in [0, 0.05) is 27.4 Å². The monoisotopic (exact) mass is 556 g/mol. The number of carbonyl (C=O) groups is 2. The van der Waals surface area contributed by atoms with Gasteiger partial charge in [-0.2, -0.15) is 4.57 Å². The molecule has 2 aromatic heterocycles. The Morgan fingerprint density at radius 2 is 1.91 bits per heavy atom. The van der Waals surface area contributed by atoms with Crippen LogP contribution in [0, 0.1) is 6.92 Å². The molecule has 1 unspecified atom stereocenters. The molecule has 2 heterocycles. The largest absolute Gasteiger partial charge is 0.466 e. The molecule has 176 valence electrons. The number of pyridine rings is 1. The van der Waals surface area contributed by atoms with Gasteiger partial charge in [-0.25, -0.2) is 0 Å². The average Bonchev–Trinajstić information content (AvgIpc) is 3.17. The third kappa shape index (κ3) is 5.88. The van der Waals surface area contributed by atoms with Gasteiger partial charge in [-0.3, -0.25) is 9.59 Å². The third-order valence-corrected chi connectivity index (χ3v) is 8.79. The van der Waals surface area contributed by atoms with Gasteiger partial charge in [0.25, 0.3) is 0 Å². The van der Waals surface area contributed by atoms with E-state index in [4.69, 9.17) is 4.74 Å². The first-order valence-corrected chi connectivity index (χ1v) is 13.9. The van der Waals surface area contributed by atoms with E-state index in [1.54, 1.807) is 18.7 Å². The SMILES string of the molecule is CCOC(=O)Cc1c(C(=O)c2ccc(Br)cc2)sc(SC2C=CCCC2)c1-[n+]1ccc(C)cc1. The standard InChI is InChI=1S/C27H27BrNO3S2/c1-3-32-23(30)17-22-24(29-15-13-18(2)14-16-29)27(33-21-7-5-4-6-8-21)34-26(22)25(31)19-9-11-20(28)12-10-19/h5,7,9-16,21H,3-4,6,8,17H2,1-2H3/q+1. The van der Waals surface area contributed by atoms with Gasteiger partial charge in [0.1, 0.15) is 4.21 Å². The van der Waals surface area contributed by atoms with Crippen molar-refractivity contribution in [3.05, 3.63) is 87.0 Å². The molecule has 4 nitrogen and oxygen atoms in total. The number of carbonyl (C=O) groups excluding carboxylic acids is 2. The fourth-order valence-electron chi connectivity index (χ4n) is 3.88. The highest BCUT2D eigenvalue weighted by atomic mass is 79.9. The van der Waals surface area contributed by atoms with Crippen LogP contribution in [0.1, 0.15) is 52.5 Å². The molecule has 0 bridgehead atoms. The number of rotatable bonds is 8. The number of allylic oxidation sites excluding steroid dienone is 1. The Bertz CT molecular complexity index is 1200. The fraction of sp³-hybridized carbons (Fsp3) is 0.296. The summed E-state index contributed by atoms with van der Waals surface area (Å²) in [5, 5.41) is 0.350. The maximum absolute atomic E-state index is 13.7. The lowest BCUT2D eigenvalue weighted by atomic mass is 10.0. The van der Waals surface area contributed by atoms with Crippen LogP contribution in [0.4, 0.5) is 0 Å². The maximum atomic E-state index is 13.7. The third-order valence-electron chi connectivity index (χ3n) is 5.61. The number of esters is 1. The summed E-state index contributed by atoms with van der Waals surface area (Å²) in [7, 11) is 0. The van der Waals surface area contributed by atoms with Crippen LogP contribution in [0.5, 0.6) is 0 Å². The molecular weight excluding hydrogens is 530 g/mol. The molecule has 0 N–H and O–H groups in total. The number of thioether (sulfide) groups is 1. The van der Waals surface area contributed by atoms with Crippen molar-refractivity contribution < 1.29 is 18.9 Å². The highest BCUT2D eigenvalue weighted by molar-refractivity contribution is 9.10. The molecule has 1 aromatic carbocycles. The van der Waals surface area contributed by atoms with E-state index in [0.29, 0.717) is 22.3 Å². The molecule has 0 spiro atoms. The van der Waals surface area contributed by atoms with E-state index in [-0.39, 0.29) is 18.2 Å². The number of hydrogen-bond acceptors (Lipinski definition) is 5. The summed E-state index contributed by atoms with van der Waals surface area (Å²) in [6.45, 7) is 4.15. The first-order valence-electron chi connectivity index (χ1n) is 11.4. The molecule has 1 aliphatic rings. The van der Waals surface area contributed by atoms with E-state index in [2.05, 4.69) is 28.1 Å². The van der Waals surface area contributed by atoms with Crippen LogP contribution in [0.15, 0.2) is 69.6 Å². The number of ketones is 1. The van der Waals surface area contributed by atoms with E-state index in [1.165, 1.54) is 11.3 Å². The quantitative estimate of drug-likeness (QED) is 0.135. The van der Waals surface area contributed by atoms with Gasteiger partial charge in [0.05, 0.1) is 23.5 Å². The van der Waals surface area contributed by atoms with Gasteiger partial charge >= 0.3 is 5.97 Å². The Kier molecular flexibility index (Phi) is 8.40. The van der Waals surface area contributed by atoms with Crippen LogP contribution in [-0.4, -0.2) is 23.6 Å². The second kappa shape index (κ2) is 11.5. The predicted molar refractivity (Wildman–Crippen MR) is 141 cm³/mol. The Labute approximate surface area is 217 Å². The summed E-state index contributed by atoms with van der Waals surface area (Å²) < 4.78 is 9.29. The molecule has 0 aliphatic heterocycles. The molecular formula is C27H27BrNO3S2+. The van der Waals surface area contributed by atoms with Crippen molar-refractivity contribution >= 4 is 50.8 Å². The summed E-state index contributed by atoms with van der Waals surface area (Å²) >= 11 is 6.70. The van der Waals surface area contributed by atoms with Crippen LogP contribution in [0.2, 0.25) is 0 Å². The van der Waals surface area contributed by atoms with Crippen LogP contribution >= 0.6 is 39.0 Å². The highest BCUT2D eigenvalue weighted by Gasteiger charge is 2.32. The summed E-state index contributed by atoms with van der Waals surface area (Å²) in [5.41, 5.74) is 3.38. The number of aryl methyl sites for hydroxylation is 1. The van der Waals surface area contributed by atoms with Gasteiger partial charge in [0.15, 0.2) is 12.4 Å². The molecule has 7 heteroatoms. The van der Waals surface area contributed by atoms with Crippen molar-refractivity contribution in [2.24, 2.45) is 0 Å². The zero-order valence-corrected chi connectivity index (χ0v) is 22.5. The Morgan fingerprint density at radius 1 is 1.18 bits per heavy atom. The Morgan fingerprint density at radius 3 is 2.56 bits per heavy atom. The van der Waals surface area contributed by atoms with Gasteiger partial charge in [-0.1, -0.05) is 28.1 Å². The normalized spacial score (nSPS) is 15.3. The number of ether oxygens (including phenoxy) is 1. The van der Waals surface area contributed by atoms with Crippen molar-refractivity contribution in [2.45, 2.75) is 49.0 Å². The number of thiophene rings is 1. The number of hydrogen-bond donors (Lipinski definition) is 0. The van der Waals surface area contributed by atoms with Crippen molar-refractivity contribution in [1.29, 1.82) is 0 Å². The predicted octanol–water partition coefficient (Wildman–Crippen LogP) is 6.63. The zero-order valence-electron chi connectivity index (χ0n) is 19.3. The highest BCUT2D eigenvalue weighted by Crippen LogP contribution is 2.42. The molecule has 0 fully saturated rings. The summed E-state index contributed by atoms with van der Waals surface area (Å²) in [6.07, 6.45) is 11.9. The average molecular weight is 558 g/mol. The lowest BCUT2D eigenvalue weighted by molar-refractivity contribution is -0.598. The molecule has 0 saturated carbocycles. The number of halogens is 1. The molecule has 1 atom stereocenters. The molecule has 1 aliphatic carbocycles. The minimum absolute atomic E-state index is 0.0548. The summed E-state index contributed by atoms with van der Waals surface area (Å²) in [6, 6.07) is 11.4. The van der Waals surface area contributed by atoms with Crippen LogP contribution in [-0.2, 0) is 16.0 Å². The maximum Gasteiger partial charge on any atom is 0.310 e. The minimum Gasteiger partial charge on any atom is -0.466 e. The van der Waals surface area contributed by atoms with Crippen LogP contribution in [0.25, 0.3) is 5.69 Å². The van der Waals surface area contributed by atoms with Gasteiger partial charge in [-0.15, -0.1) is 23.1 Å². The lowest BCUT2D eigenvalue weighted by Crippen LogP contribution is -2.32.